The number of furan rings is 1. The lowest BCUT2D eigenvalue weighted by Crippen LogP contribution is -2.31. The number of hydrogen-bond acceptors (Lipinski definition) is 3. The summed E-state index contributed by atoms with van der Waals surface area (Å²) in [6.45, 7) is 3.53. The summed E-state index contributed by atoms with van der Waals surface area (Å²) in [6, 6.07) is 8.29. The first kappa shape index (κ1) is 15.9. The molecule has 1 fully saturated rings. The Kier molecular flexibility index (Phi) is 5.26. The van der Waals surface area contributed by atoms with E-state index in [2.05, 4.69) is 10.6 Å². The summed E-state index contributed by atoms with van der Waals surface area (Å²) in [5.41, 5.74) is 1.99. The normalized spacial score (nSPS) is 17.7. The number of carbonyl (C=O) groups is 1. The highest BCUT2D eigenvalue weighted by atomic mass is 35.5. The van der Waals surface area contributed by atoms with Gasteiger partial charge in [-0.25, -0.2) is 0 Å². The third-order valence-electron chi connectivity index (χ3n) is 3.98. The molecule has 1 aromatic carbocycles. The second kappa shape index (κ2) is 6.96. The molecule has 0 aliphatic carbocycles. The Hall–Kier alpha value is -1.52. The van der Waals surface area contributed by atoms with Crippen LogP contribution in [0.1, 0.15) is 30.6 Å². The molecule has 0 spiro atoms. The van der Waals surface area contributed by atoms with Gasteiger partial charge in [0.2, 0.25) is 5.91 Å². The molecule has 21 heavy (non-hydrogen) atoms. The van der Waals surface area contributed by atoms with Crippen LogP contribution in [0.4, 0.5) is 0 Å². The van der Waals surface area contributed by atoms with Crippen molar-refractivity contribution in [2.75, 3.05) is 6.54 Å². The van der Waals surface area contributed by atoms with E-state index in [4.69, 9.17) is 4.42 Å². The Labute approximate surface area is 130 Å². The molecule has 1 aliphatic heterocycles. The monoisotopic (exact) mass is 308 g/mol. The molecule has 0 bridgehead atoms. The zero-order valence-electron chi connectivity index (χ0n) is 12.1. The Morgan fingerprint density at radius 2 is 2.24 bits per heavy atom. The van der Waals surface area contributed by atoms with Crippen LogP contribution in [-0.4, -0.2) is 18.5 Å². The standard InChI is InChI=1S/C16H20N2O2.ClH/c1-11-13-6-2-3-7-14(13)20-15(11)10-18-16(19)9-12-5-4-8-17-12;/h2-3,6-7,12,17H,4-5,8-10H2,1H3,(H,18,19);1H. The van der Waals surface area contributed by atoms with Crippen molar-refractivity contribution in [2.45, 2.75) is 38.8 Å². The van der Waals surface area contributed by atoms with Gasteiger partial charge < -0.3 is 15.1 Å². The van der Waals surface area contributed by atoms with Gasteiger partial charge in [-0.3, -0.25) is 4.79 Å². The number of nitrogens with one attached hydrogen (secondary N) is 2. The van der Waals surface area contributed by atoms with Gasteiger partial charge >= 0.3 is 0 Å². The van der Waals surface area contributed by atoms with E-state index in [1.54, 1.807) is 0 Å². The van der Waals surface area contributed by atoms with E-state index in [1.165, 1.54) is 6.42 Å². The summed E-state index contributed by atoms with van der Waals surface area (Å²) in [7, 11) is 0. The Bertz CT molecular complexity index is 618. The number of amides is 1. The molecule has 1 atom stereocenters. The SMILES string of the molecule is Cc1c(CNC(=O)CC2CCCN2)oc2ccccc12.Cl. The zero-order chi connectivity index (χ0) is 13.9. The number of hydrogen-bond donors (Lipinski definition) is 2. The van der Waals surface area contributed by atoms with E-state index >= 15 is 0 Å². The number of aryl methyl sites for hydroxylation is 1. The van der Waals surface area contributed by atoms with E-state index < -0.39 is 0 Å². The summed E-state index contributed by atoms with van der Waals surface area (Å²) >= 11 is 0. The number of halogens is 1. The van der Waals surface area contributed by atoms with Crippen molar-refractivity contribution in [3.8, 4) is 0 Å². The summed E-state index contributed by atoms with van der Waals surface area (Å²) in [5, 5.41) is 7.41. The van der Waals surface area contributed by atoms with Gasteiger partial charge in [0.25, 0.3) is 0 Å². The van der Waals surface area contributed by atoms with Gasteiger partial charge in [-0.15, -0.1) is 12.4 Å². The molecule has 1 unspecified atom stereocenters. The van der Waals surface area contributed by atoms with Crippen LogP contribution in [0.2, 0.25) is 0 Å². The molecule has 4 nitrogen and oxygen atoms in total. The Morgan fingerprint density at radius 3 is 2.95 bits per heavy atom. The molecule has 1 saturated heterocycles. The zero-order valence-corrected chi connectivity index (χ0v) is 13.0. The predicted octanol–water partition coefficient (Wildman–Crippen LogP) is 2.92. The molecule has 1 aromatic heterocycles. The number of carbonyl (C=O) groups excluding carboxylic acids is 1. The van der Waals surface area contributed by atoms with Crippen molar-refractivity contribution in [1.82, 2.24) is 10.6 Å². The topological polar surface area (TPSA) is 54.3 Å². The predicted molar refractivity (Wildman–Crippen MR) is 85.7 cm³/mol. The second-order valence-electron chi connectivity index (χ2n) is 5.42. The van der Waals surface area contributed by atoms with E-state index in [0.29, 0.717) is 19.0 Å². The van der Waals surface area contributed by atoms with E-state index in [9.17, 15) is 4.79 Å². The van der Waals surface area contributed by atoms with E-state index in [0.717, 1.165) is 35.3 Å². The van der Waals surface area contributed by atoms with Crippen LogP contribution >= 0.6 is 12.4 Å². The quantitative estimate of drug-likeness (QED) is 0.913. The molecule has 2 heterocycles. The first-order valence-electron chi connectivity index (χ1n) is 7.21. The van der Waals surface area contributed by atoms with E-state index in [-0.39, 0.29) is 18.3 Å². The molecular weight excluding hydrogens is 288 g/mol. The summed E-state index contributed by atoms with van der Waals surface area (Å²) in [4.78, 5) is 11.9. The molecule has 114 valence electrons. The summed E-state index contributed by atoms with van der Waals surface area (Å²) in [5.74, 6) is 0.934. The summed E-state index contributed by atoms with van der Waals surface area (Å²) < 4.78 is 5.79. The van der Waals surface area contributed by atoms with Gasteiger partial charge in [-0.2, -0.15) is 0 Å². The molecule has 1 aliphatic rings. The van der Waals surface area contributed by atoms with Gasteiger partial charge in [0.15, 0.2) is 0 Å². The van der Waals surface area contributed by atoms with Crippen LogP contribution in [0.15, 0.2) is 28.7 Å². The van der Waals surface area contributed by atoms with Gasteiger partial charge in [0.05, 0.1) is 6.54 Å². The largest absolute Gasteiger partial charge is 0.459 e. The first-order chi connectivity index (χ1) is 9.74. The number of benzene rings is 1. The van der Waals surface area contributed by atoms with Gasteiger partial charge in [-0.05, 0) is 32.4 Å². The molecule has 2 N–H and O–H groups in total. The van der Waals surface area contributed by atoms with Gasteiger partial charge in [0.1, 0.15) is 11.3 Å². The lowest BCUT2D eigenvalue weighted by atomic mass is 10.1. The first-order valence-corrected chi connectivity index (χ1v) is 7.21. The van der Waals surface area contributed by atoms with Crippen molar-refractivity contribution >= 4 is 29.3 Å². The molecular formula is C16H21ClN2O2. The maximum absolute atomic E-state index is 11.9. The smallest absolute Gasteiger partial charge is 0.221 e. The van der Waals surface area contributed by atoms with Crippen LogP contribution in [-0.2, 0) is 11.3 Å². The third kappa shape index (κ3) is 3.57. The Balaban J connectivity index is 0.00000161. The van der Waals surface area contributed by atoms with E-state index in [1.807, 2.05) is 31.2 Å². The lowest BCUT2D eigenvalue weighted by Gasteiger charge is -2.09. The van der Waals surface area contributed by atoms with Crippen LogP contribution in [0.5, 0.6) is 0 Å². The lowest BCUT2D eigenvalue weighted by molar-refractivity contribution is -0.121. The highest BCUT2D eigenvalue weighted by Gasteiger charge is 2.18. The third-order valence-corrected chi connectivity index (χ3v) is 3.98. The van der Waals surface area contributed by atoms with Crippen molar-refractivity contribution in [3.63, 3.8) is 0 Å². The number of rotatable bonds is 4. The minimum atomic E-state index is 0. The maximum Gasteiger partial charge on any atom is 0.221 e. The fourth-order valence-corrected chi connectivity index (χ4v) is 2.80. The van der Waals surface area contributed by atoms with Crippen LogP contribution < -0.4 is 10.6 Å². The van der Waals surface area contributed by atoms with Crippen LogP contribution in [0, 0.1) is 6.92 Å². The molecule has 1 amide bonds. The Morgan fingerprint density at radius 1 is 1.43 bits per heavy atom. The molecule has 0 saturated carbocycles. The van der Waals surface area contributed by atoms with Gasteiger partial charge in [-0.1, -0.05) is 18.2 Å². The highest BCUT2D eigenvalue weighted by molar-refractivity contribution is 5.85. The maximum atomic E-state index is 11.9. The highest BCUT2D eigenvalue weighted by Crippen LogP contribution is 2.24. The fourth-order valence-electron chi connectivity index (χ4n) is 2.80. The average molecular weight is 309 g/mol. The molecule has 5 heteroatoms. The minimum Gasteiger partial charge on any atom is -0.459 e. The summed E-state index contributed by atoms with van der Waals surface area (Å²) in [6.07, 6.45) is 2.82. The molecule has 0 radical (unpaired) electrons. The molecule has 2 aromatic rings. The van der Waals surface area contributed by atoms with Crippen LogP contribution in [0.3, 0.4) is 0 Å². The average Bonchev–Trinajstić information content (AvgIpc) is 3.06. The van der Waals surface area contributed by atoms with Crippen molar-refractivity contribution in [2.24, 2.45) is 0 Å². The van der Waals surface area contributed by atoms with Gasteiger partial charge in [0, 0.05) is 23.4 Å². The van der Waals surface area contributed by atoms with Crippen LogP contribution in [0.25, 0.3) is 11.0 Å². The molecule has 3 rings (SSSR count). The van der Waals surface area contributed by atoms with Crippen molar-refractivity contribution in [1.29, 1.82) is 0 Å². The fraction of sp³-hybridized carbons (Fsp3) is 0.438. The van der Waals surface area contributed by atoms with Crippen molar-refractivity contribution in [3.05, 3.63) is 35.6 Å². The van der Waals surface area contributed by atoms with Crippen molar-refractivity contribution < 1.29 is 9.21 Å². The minimum absolute atomic E-state index is 0. The second-order valence-corrected chi connectivity index (χ2v) is 5.42. The number of para-hydroxylation sites is 1. The number of fused-ring (bicyclic) bond motifs is 1.